The number of aliphatic hydroxyl groups excluding tert-OH is 5. The highest BCUT2D eigenvalue weighted by Crippen LogP contribution is 2.38. The fraction of sp³-hybridized carbons (Fsp3) is 0.271. The van der Waals surface area contributed by atoms with Crippen molar-refractivity contribution in [2.24, 2.45) is 0 Å². The van der Waals surface area contributed by atoms with Gasteiger partial charge in [0.2, 0.25) is 0 Å². The Hall–Kier alpha value is -13.3. The average Bonchev–Trinajstić information content (AvgIpc) is 0.794. The lowest BCUT2D eigenvalue weighted by atomic mass is 9.72. The minimum atomic E-state index is -0.633. The van der Waals surface area contributed by atoms with Crippen LogP contribution in [-0.4, -0.2) is 157 Å². The van der Waals surface area contributed by atoms with Crippen molar-refractivity contribution in [2.45, 2.75) is 140 Å². The van der Waals surface area contributed by atoms with Gasteiger partial charge in [-0.2, -0.15) is 0 Å². The molecule has 5 N–H and O–H groups in total. The summed E-state index contributed by atoms with van der Waals surface area (Å²) in [5.41, 5.74) is 16.2. The molecule has 135 heavy (non-hydrogen) atoms. The predicted molar refractivity (Wildman–Crippen MR) is 543 cm³/mol. The second-order valence-corrected chi connectivity index (χ2v) is 34.5. The maximum Gasteiger partial charge on any atom is 0.316 e. The van der Waals surface area contributed by atoms with Gasteiger partial charge in [0.15, 0.2) is 5.75 Å². The van der Waals surface area contributed by atoms with Crippen molar-refractivity contribution >= 4 is 0 Å². The molecule has 17 nitrogen and oxygen atoms in total. The van der Waals surface area contributed by atoms with Gasteiger partial charge >= 0.3 is 6.01 Å². The molecule has 17 heteroatoms. The number of aryl methyl sites for hydroxylation is 3. The molecule has 0 fully saturated rings. The van der Waals surface area contributed by atoms with Crippen LogP contribution < -0.4 is 23.7 Å². The van der Waals surface area contributed by atoms with Crippen molar-refractivity contribution in [1.82, 2.24) is 34.6 Å². The third kappa shape index (κ3) is 38.3. The number of rotatable bonds is 45. The second kappa shape index (κ2) is 58.0. The minimum Gasteiger partial charge on any atom is -0.491 e. The van der Waals surface area contributed by atoms with E-state index in [1.54, 1.807) is 30.9 Å². The summed E-state index contributed by atoms with van der Waals surface area (Å²) in [6.45, 7) is 15.2. The zero-order chi connectivity index (χ0) is 94.5. The van der Waals surface area contributed by atoms with Crippen molar-refractivity contribution in [2.75, 3.05) is 66.3 Å². The molecule has 13 aromatic carbocycles. The highest BCUT2D eigenvalue weighted by molar-refractivity contribution is 5.40. The molecule has 0 aliphatic carbocycles. The van der Waals surface area contributed by atoms with Crippen LogP contribution in [0, 0.1) is 20.8 Å². The topological polar surface area (TPSA) is 209 Å². The van der Waals surface area contributed by atoms with E-state index < -0.39 is 30.5 Å². The van der Waals surface area contributed by atoms with Crippen LogP contribution in [0.1, 0.15) is 130 Å². The fourth-order valence-corrected chi connectivity index (χ4v) is 16.0. The first-order valence-corrected chi connectivity index (χ1v) is 46.9. The highest BCUT2D eigenvalue weighted by atomic mass is 16.5. The molecule has 0 spiro atoms. The highest BCUT2D eigenvalue weighted by Gasteiger charge is 2.29. The van der Waals surface area contributed by atoms with Crippen LogP contribution >= 0.6 is 0 Å². The first-order valence-electron chi connectivity index (χ1n) is 46.9. The van der Waals surface area contributed by atoms with Crippen molar-refractivity contribution < 1.29 is 49.2 Å². The van der Waals surface area contributed by atoms with Crippen LogP contribution in [-0.2, 0) is 31.6 Å². The van der Waals surface area contributed by atoms with Gasteiger partial charge in [-0.25, -0.2) is 19.9 Å². The Morgan fingerprint density at radius 2 is 0.578 bits per heavy atom. The van der Waals surface area contributed by atoms with Gasteiger partial charge in [0.25, 0.3) is 0 Å². The van der Waals surface area contributed by atoms with Gasteiger partial charge in [-0.05, 0) is 164 Å². The zero-order valence-corrected chi connectivity index (χ0v) is 78.6. The van der Waals surface area contributed by atoms with Crippen molar-refractivity contribution in [3.05, 3.63) is 486 Å². The van der Waals surface area contributed by atoms with Gasteiger partial charge in [0.05, 0.1) is 24.6 Å². The van der Waals surface area contributed by atoms with Crippen LogP contribution in [0.2, 0.25) is 0 Å². The zero-order valence-electron chi connectivity index (χ0n) is 78.6. The standard InChI is InChI=1S/C26H30O2.C25H29NO2.C25H28O2.2C21H23N3O2/c1-21-15-17-25(18-16-21)28-20-24(27)14-9-19-26(2,22-10-5-3-6-11-22)23-12-7-4-8-13-23;1-20-13-15-24(16-14-20)28-19-23(27)17-26(2)18-25(21-9-5-3-6-10-21)22-11-7-4-8-12-22;1-20-15-17-24(18-16-20)27-19-23(26)13-8-14-25(21-9-4-2-5-10-21)22-11-6-3-7-12-22;25-20(17-26-21-22-12-7-13-23-21)16-24(14-18-8-3-1-4-9-18)15-19-10-5-2-6-11-19;25-20(16-26-21-11-22-17-23-12-21)15-24(13-18-7-3-1-4-8-18)14-19-9-5-2-6-10-19/h3-8,10-13,15-18,24,27H,9,14,19-20H2,1-2H3;3-16,23,25,27H,17-19H2,1-2H3;2-7,9-12,15-18,23,25-26H,8,13-14,19H2,1H3;1-13,20,25H,14-17H2;1-12,17,20,25H,13-16H2. The predicted octanol–water partition coefficient (Wildman–Crippen LogP) is 22.0. The molecule has 0 aliphatic rings. The van der Waals surface area contributed by atoms with Crippen molar-refractivity contribution in [3.63, 3.8) is 0 Å². The molecule has 0 saturated carbocycles. The van der Waals surface area contributed by atoms with E-state index in [-0.39, 0.29) is 37.2 Å². The summed E-state index contributed by atoms with van der Waals surface area (Å²) in [5, 5.41) is 51.9. The number of ether oxygens (including phenoxy) is 5. The molecule has 0 bridgehead atoms. The number of hydrogen-bond donors (Lipinski definition) is 5. The SMILES string of the molecule is Cc1ccc(OCC(O)CCCC(C)(c2ccccc2)c2ccccc2)cc1.Cc1ccc(OCC(O)CCCC(c2ccccc2)c2ccccc2)cc1.Cc1ccc(OCC(O)CN(C)CC(c2ccccc2)c2ccccc2)cc1.OC(COc1cncnc1)CN(Cc1ccccc1)Cc1ccccc1.OC(COc1ncccn1)CN(Cc1ccccc1)Cc1ccccc1. The maximum atomic E-state index is 10.4. The summed E-state index contributed by atoms with van der Waals surface area (Å²) in [6.07, 6.45) is 10.5. The van der Waals surface area contributed by atoms with Gasteiger partial charge in [0.1, 0.15) is 74.9 Å². The monoisotopic (exact) mass is 1810 g/mol. The molecular weight excluding hydrogens is 1680 g/mol. The van der Waals surface area contributed by atoms with Gasteiger partial charge in [-0.15, -0.1) is 0 Å². The number of aromatic nitrogens is 4. The third-order valence-corrected chi connectivity index (χ3v) is 23.1. The number of nitrogens with zero attached hydrogens (tertiary/aromatic N) is 7. The van der Waals surface area contributed by atoms with E-state index in [2.05, 4.69) is 274 Å². The molecule has 700 valence electrons. The molecule has 0 radical (unpaired) electrons. The molecule has 2 heterocycles. The van der Waals surface area contributed by atoms with Crippen LogP contribution in [0.3, 0.4) is 0 Å². The average molecular weight is 1810 g/mol. The number of hydrogen-bond acceptors (Lipinski definition) is 17. The van der Waals surface area contributed by atoms with E-state index in [4.69, 9.17) is 23.7 Å². The quantitative estimate of drug-likeness (QED) is 0.0240. The van der Waals surface area contributed by atoms with Gasteiger partial charge in [-0.3, -0.25) is 9.80 Å². The van der Waals surface area contributed by atoms with E-state index in [0.29, 0.717) is 44.5 Å². The normalized spacial score (nSPS) is 12.2. The second-order valence-electron chi connectivity index (χ2n) is 34.5. The molecule has 15 rings (SSSR count). The summed E-state index contributed by atoms with van der Waals surface area (Å²) >= 11 is 0. The van der Waals surface area contributed by atoms with Gasteiger partial charge < -0.3 is 54.1 Å². The number of aliphatic hydroxyl groups is 5. The number of benzene rings is 13. The van der Waals surface area contributed by atoms with E-state index >= 15 is 0 Å². The molecule has 0 saturated heterocycles. The Kier molecular flexibility index (Phi) is 43.9. The molecule has 0 aliphatic heterocycles. The number of likely N-dealkylation sites (N-methyl/N-ethyl adjacent to an activating group) is 1. The van der Waals surface area contributed by atoms with E-state index in [1.165, 1.54) is 78.7 Å². The smallest absolute Gasteiger partial charge is 0.316 e. The third-order valence-electron chi connectivity index (χ3n) is 23.1. The lowest BCUT2D eigenvalue weighted by Gasteiger charge is -2.31. The lowest BCUT2D eigenvalue weighted by molar-refractivity contribution is 0.0595. The molecule has 0 amide bonds. The summed E-state index contributed by atoms with van der Waals surface area (Å²) < 4.78 is 28.2. The summed E-state index contributed by atoms with van der Waals surface area (Å²) in [7, 11) is 2.05. The summed E-state index contributed by atoms with van der Waals surface area (Å²) in [5.74, 6) is 3.59. The first kappa shape index (κ1) is 102. The Bertz CT molecular complexity index is 5230. The maximum absolute atomic E-state index is 10.4. The summed E-state index contributed by atoms with van der Waals surface area (Å²) in [6, 6.07) is 130. The van der Waals surface area contributed by atoms with E-state index in [1.807, 2.05) is 172 Å². The van der Waals surface area contributed by atoms with Crippen molar-refractivity contribution in [3.8, 4) is 29.0 Å². The van der Waals surface area contributed by atoms with E-state index in [0.717, 1.165) is 88.5 Å². The molecule has 5 atom stereocenters. The van der Waals surface area contributed by atoms with Crippen LogP contribution in [0.5, 0.6) is 29.0 Å². The van der Waals surface area contributed by atoms with Crippen LogP contribution in [0.15, 0.2) is 413 Å². The minimum absolute atomic E-state index is 0.0694. The van der Waals surface area contributed by atoms with E-state index in [9.17, 15) is 25.5 Å². The molecule has 2 aromatic heterocycles. The Morgan fingerprint density at radius 3 is 0.926 bits per heavy atom. The fourth-order valence-electron chi connectivity index (χ4n) is 16.0. The molecular formula is C118H133N7O10. The Morgan fingerprint density at radius 1 is 0.289 bits per heavy atom. The summed E-state index contributed by atoms with van der Waals surface area (Å²) in [4.78, 5) is 22.4. The Balaban J connectivity index is 0.000000162. The van der Waals surface area contributed by atoms with Crippen LogP contribution in [0.25, 0.3) is 0 Å². The first-order chi connectivity index (χ1) is 66.0. The molecule has 5 unspecified atom stereocenters. The molecule has 15 aromatic rings. The lowest BCUT2D eigenvalue weighted by Crippen LogP contribution is -2.35. The Labute approximate surface area is 800 Å². The van der Waals surface area contributed by atoms with Gasteiger partial charge in [0, 0.05) is 82.0 Å². The van der Waals surface area contributed by atoms with Crippen molar-refractivity contribution in [1.29, 1.82) is 0 Å². The van der Waals surface area contributed by atoms with Gasteiger partial charge in [-0.1, -0.05) is 363 Å². The largest absolute Gasteiger partial charge is 0.491 e. The van der Waals surface area contributed by atoms with Crippen LogP contribution in [0.4, 0.5) is 0 Å².